The Bertz CT molecular complexity index is 602. The van der Waals surface area contributed by atoms with Gasteiger partial charge in [-0.15, -0.1) is 0 Å². The molecule has 0 aliphatic heterocycles. The van der Waals surface area contributed by atoms with Gasteiger partial charge in [0.15, 0.2) is 0 Å². The first-order valence-corrected chi connectivity index (χ1v) is 6.47. The summed E-state index contributed by atoms with van der Waals surface area (Å²) in [6, 6.07) is 13.9. The minimum Gasteiger partial charge on any atom is -0.348 e. The molecule has 0 heterocycles. The summed E-state index contributed by atoms with van der Waals surface area (Å²) in [5.41, 5.74) is 5.39. The van der Waals surface area contributed by atoms with Crippen molar-refractivity contribution in [1.29, 1.82) is 0 Å². The summed E-state index contributed by atoms with van der Waals surface area (Å²) in [5, 5.41) is 2.95. The fourth-order valence-corrected chi connectivity index (χ4v) is 1.99. The molecule has 1 N–H and O–H groups in total. The van der Waals surface area contributed by atoms with Gasteiger partial charge in [0.2, 0.25) is 0 Å². The van der Waals surface area contributed by atoms with Gasteiger partial charge in [-0.2, -0.15) is 0 Å². The molecule has 0 unspecified atom stereocenters. The fraction of sp³-hybridized carbons (Fsp3) is 0.235. The highest BCUT2D eigenvalue weighted by Gasteiger charge is 2.06. The monoisotopic (exact) mass is 253 g/mol. The summed E-state index contributed by atoms with van der Waals surface area (Å²) in [6.07, 6.45) is 0. The normalized spacial score (nSPS) is 10.3. The molecule has 2 nitrogen and oxygen atoms in total. The number of rotatable bonds is 3. The van der Waals surface area contributed by atoms with E-state index < -0.39 is 0 Å². The molecule has 0 radical (unpaired) electrons. The topological polar surface area (TPSA) is 29.1 Å². The van der Waals surface area contributed by atoms with Crippen molar-refractivity contribution in [2.75, 3.05) is 0 Å². The lowest BCUT2D eigenvalue weighted by atomic mass is 10.1. The van der Waals surface area contributed by atoms with Crippen molar-refractivity contribution >= 4 is 5.91 Å². The zero-order chi connectivity index (χ0) is 13.8. The van der Waals surface area contributed by atoms with Gasteiger partial charge in [0.1, 0.15) is 0 Å². The SMILES string of the molecule is Cc1cccc(CNC(=O)c2ccc(C)c(C)c2)c1. The maximum absolute atomic E-state index is 12.1. The van der Waals surface area contributed by atoms with Crippen molar-refractivity contribution in [3.63, 3.8) is 0 Å². The molecule has 0 saturated heterocycles. The Morgan fingerprint density at radius 3 is 2.47 bits per heavy atom. The van der Waals surface area contributed by atoms with Crippen LogP contribution in [-0.2, 0) is 6.54 Å². The van der Waals surface area contributed by atoms with Crippen molar-refractivity contribution in [1.82, 2.24) is 5.32 Å². The van der Waals surface area contributed by atoms with Crippen LogP contribution in [0.4, 0.5) is 0 Å². The molecular weight excluding hydrogens is 234 g/mol. The second kappa shape index (κ2) is 5.70. The first-order chi connectivity index (χ1) is 9.06. The average Bonchev–Trinajstić information content (AvgIpc) is 2.39. The first kappa shape index (κ1) is 13.3. The number of carbonyl (C=O) groups is 1. The highest BCUT2D eigenvalue weighted by Crippen LogP contribution is 2.10. The predicted octanol–water partition coefficient (Wildman–Crippen LogP) is 3.54. The molecule has 2 aromatic rings. The Hall–Kier alpha value is -2.09. The minimum atomic E-state index is -0.0235. The second-order valence-electron chi connectivity index (χ2n) is 4.97. The van der Waals surface area contributed by atoms with Crippen LogP contribution in [0.15, 0.2) is 42.5 Å². The maximum Gasteiger partial charge on any atom is 0.251 e. The predicted molar refractivity (Wildman–Crippen MR) is 78.3 cm³/mol. The van der Waals surface area contributed by atoms with Gasteiger partial charge in [0.25, 0.3) is 5.91 Å². The molecule has 2 aromatic carbocycles. The average molecular weight is 253 g/mol. The molecule has 0 aliphatic rings. The minimum absolute atomic E-state index is 0.0235. The van der Waals surface area contributed by atoms with E-state index >= 15 is 0 Å². The van der Waals surface area contributed by atoms with Crippen LogP contribution in [0.25, 0.3) is 0 Å². The summed E-state index contributed by atoms with van der Waals surface area (Å²) in [5.74, 6) is -0.0235. The third kappa shape index (κ3) is 3.44. The molecule has 0 saturated carbocycles. The van der Waals surface area contributed by atoms with E-state index in [1.807, 2.05) is 44.2 Å². The number of hydrogen-bond donors (Lipinski definition) is 1. The van der Waals surface area contributed by atoms with Gasteiger partial charge in [-0.25, -0.2) is 0 Å². The number of carbonyl (C=O) groups excluding carboxylic acids is 1. The standard InChI is InChI=1S/C17H19NO/c1-12-5-4-6-15(9-12)11-18-17(19)16-8-7-13(2)14(3)10-16/h4-10H,11H2,1-3H3,(H,18,19). The van der Waals surface area contributed by atoms with Gasteiger partial charge in [0.05, 0.1) is 0 Å². The lowest BCUT2D eigenvalue weighted by Gasteiger charge is -2.08. The quantitative estimate of drug-likeness (QED) is 0.890. The van der Waals surface area contributed by atoms with Crippen LogP contribution in [0.5, 0.6) is 0 Å². The molecule has 0 aliphatic carbocycles. The molecule has 98 valence electrons. The summed E-state index contributed by atoms with van der Waals surface area (Å²) in [4.78, 5) is 12.1. The zero-order valence-electron chi connectivity index (χ0n) is 11.7. The number of amides is 1. The van der Waals surface area contributed by atoms with E-state index in [0.717, 1.165) is 16.7 Å². The number of benzene rings is 2. The molecule has 2 rings (SSSR count). The van der Waals surface area contributed by atoms with Crippen molar-refractivity contribution in [3.8, 4) is 0 Å². The van der Waals surface area contributed by atoms with Crippen molar-refractivity contribution in [2.45, 2.75) is 27.3 Å². The molecular formula is C17H19NO. The van der Waals surface area contributed by atoms with Crippen molar-refractivity contribution < 1.29 is 4.79 Å². The van der Waals surface area contributed by atoms with E-state index in [-0.39, 0.29) is 5.91 Å². The number of aryl methyl sites for hydroxylation is 3. The lowest BCUT2D eigenvalue weighted by Crippen LogP contribution is -2.22. The largest absolute Gasteiger partial charge is 0.348 e. The van der Waals surface area contributed by atoms with Crippen molar-refractivity contribution in [3.05, 3.63) is 70.3 Å². The lowest BCUT2D eigenvalue weighted by molar-refractivity contribution is 0.0951. The zero-order valence-corrected chi connectivity index (χ0v) is 11.7. The molecule has 0 atom stereocenters. The van der Waals surface area contributed by atoms with Gasteiger partial charge >= 0.3 is 0 Å². The van der Waals surface area contributed by atoms with E-state index in [9.17, 15) is 4.79 Å². The van der Waals surface area contributed by atoms with Gasteiger partial charge in [-0.1, -0.05) is 35.9 Å². The maximum atomic E-state index is 12.1. The van der Waals surface area contributed by atoms with Crippen LogP contribution in [-0.4, -0.2) is 5.91 Å². The van der Waals surface area contributed by atoms with E-state index in [0.29, 0.717) is 6.54 Å². The highest BCUT2D eigenvalue weighted by molar-refractivity contribution is 5.94. The van der Waals surface area contributed by atoms with E-state index in [2.05, 4.69) is 24.4 Å². The van der Waals surface area contributed by atoms with Gasteiger partial charge in [-0.3, -0.25) is 4.79 Å². The first-order valence-electron chi connectivity index (χ1n) is 6.47. The Morgan fingerprint density at radius 1 is 1.00 bits per heavy atom. The number of hydrogen-bond acceptors (Lipinski definition) is 1. The fourth-order valence-electron chi connectivity index (χ4n) is 1.99. The summed E-state index contributed by atoms with van der Waals surface area (Å²) in [6.45, 7) is 6.68. The molecule has 0 aromatic heterocycles. The molecule has 1 amide bonds. The third-order valence-electron chi connectivity index (χ3n) is 3.30. The van der Waals surface area contributed by atoms with Crippen LogP contribution in [0.1, 0.15) is 32.6 Å². The van der Waals surface area contributed by atoms with E-state index in [4.69, 9.17) is 0 Å². The summed E-state index contributed by atoms with van der Waals surface area (Å²) >= 11 is 0. The molecule has 0 fully saturated rings. The molecule has 19 heavy (non-hydrogen) atoms. The molecule has 0 spiro atoms. The van der Waals surface area contributed by atoms with Gasteiger partial charge in [0, 0.05) is 12.1 Å². The van der Waals surface area contributed by atoms with E-state index in [1.165, 1.54) is 11.1 Å². The summed E-state index contributed by atoms with van der Waals surface area (Å²) < 4.78 is 0. The van der Waals surface area contributed by atoms with Crippen LogP contribution in [0.3, 0.4) is 0 Å². The van der Waals surface area contributed by atoms with Crippen LogP contribution in [0.2, 0.25) is 0 Å². The van der Waals surface area contributed by atoms with Crippen LogP contribution in [0, 0.1) is 20.8 Å². The van der Waals surface area contributed by atoms with Crippen LogP contribution < -0.4 is 5.32 Å². The van der Waals surface area contributed by atoms with Crippen molar-refractivity contribution in [2.24, 2.45) is 0 Å². The molecule has 2 heteroatoms. The highest BCUT2D eigenvalue weighted by atomic mass is 16.1. The summed E-state index contributed by atoms with van der Waals surface area (Å²) in [7, 11) is 0. The Labute approximate surface area is 114 Å². The second-order valence-corrected chi connectivity index (χ2v) is 4.97. The third-order valence-corrected chi connectivity index (χ3v) is 3.30. The van der Waals surface area contributed by atoms with Gasteiger partial charge < -0.3 is 5.32 Å². The Kier molecular flexibility index (Phi) is 4.00. The Balaban J connectivity index is 2.03. The Morgan fingerprint density at radius 2 is 1.79 bits per heavy atom. The smallest absolute Gasteiger partial charge is 0.251 e. The molecule has 0 bridgehead atoms. The van der Waals surface area contributed by atoms with Gasteiger partial charge in [-0.05, 0) is 49.6 Å². The van der Waals surface area contributed by atoms with Crippen LogP contribution >= 0.6 is 0 Å². The number of nitrogens with one attached hydrogen (secondary N) is 1. The van der Waals surface area contributed by atoms with E-state index in [1.54, 1.807) is 0 Å².